The van der Waals surface area contributed by atoms with Gasteiger partial charge in [-0.3, -0.25) is 4.79 Å². The summed E-state index contributed by atoms with van der Waals surface area (Å²) in [6, 6.07) is 0.141. The molecule has 0 aliphatic rings. The lowest BCUT2D eigenvalue weighted by molar-refractivity contribution is 0.575. The van der Waals surface area contributed by atoms with E-state index in [-0.39, 0.29) is 11.6 Å². The molecular formula is C9H14ClN3O. The van der Waals surface area contributed by atoms with Crippen molar-refractivity contribution >= 4 is 17.4 Å². The third-order valence-electron chi connectivity index (χ3n) is 1.81. The first-order chi connectivity index (χ1) is 6.66. The molecule has 0 radical (unpaired) electrons. The largest absolute Gasteiger partial charge is 0.364 e. The molecule has 0 atom stereocenters. The van der Waals surface area contributed by atoms with Gasteiger partial charge in [0, 0.05) is 30.9 Å². The molecule has 0 saturated carbocycles. The van der Waals surface area contributed by atoms with Crippen LogP contribution in [0.4, 0.5) is 5.82 Å². The molecule has 0 unspecified atom stereocenters. The average Bonchev–Trinajstić information content (AvgIpc) is 2.16. The second kappa shape index (κ2) is 5.00. The Balaban J connectivity index is 2.96. The monoisotopic (exact) mass is 215 g/mol. The molecule has 0 aromatic carbocycles. The standard InChI is InChI=1S/C9H14ClN3O/c1-7(2)13-6-5-12-8(9(13)14)11-4-3-10/h5-7H,3-4H2,1-2H3,(H,11,12). The van der Waals surface area contributed by atoms with E-state index in [4.69, 9.17) is 11.6 Å². The third kappa shape index (κ3) is 2.48. The van der Waals surface area contributed by atoms with Crippen molar-refractivity contribution in [3.05, 3.63) is 22.7 Å². The van der Waals surface area contributed by atoms with Gasteiger partial charge in [0.05, 0.1) is 0 Å². The van der Waals surface area contributed by atoms with Gasteiger partial charge in [-0.15, -0.1) is 11.6 Å². The van der Waals surface area contributed by atoms with E-state index in [1.165, 1.54) is 0 Å². The van der Waals surface area contributed by atoms with Crippen molar-refractivity contribution in [1.29, 1.82) is 0 Å². The van der Waals surface area contributed by atoms with Crippen LogP contribution in [0.3, 0.4) is 0 Å². The smallest absolute Gasteiger partial charge is 0.293 e. The molecule has 14 heavy (non-hydrogen) atoms. The number of nitrogens with one attached hydrogen (secondary N) is 1. The number of rotatable bonds is 4. The summed E-state index contributed by atoms with van der Waals surface area (Å²) in [4.78, 5) is 15.7. The number of aromatic nitrogens is 2. The van der Waals surface area contributed by atoms with E-state index in [9.17, 15) is 4.79 Å². The minimum atomic E-state index is -0.104. The fourth-order valence-corrected chi connectivity index (χ4v) is 1.21. The predicted octanol–water partition coefficient (Wildman–Crippen LogP) is 1.47. The van der Waals surface area contributed by atoms with Gasteiger partial charge in [-0.25, -0.2) is 4.98 Å². The maximum Gasteiger partial charge on any atom is 0.293 e. The molecule has 4 nitrogen and oxygen atoms in total. The van der Waals surface area contributed by atoms with Crippen LogP contribution in [0.25, 0.3) is 0 Å². The molecule has 0 aliphatic heterocycles. The lowest BCUT2D eigenvalue weighted by Crippen LogP contribution is -2.26. The summed E-state index contributed by atoms with van der Waals surface area (Å²) in [6.45, 7) is 4.45. The quantitative estimate of drug-likeness (QED) is 0.774. The molecule has 1 N–H and O–H groups in total. The van der Waals surface area contributed by atoms with Crippen molar-refractivity contribution in [3.8, 4) is 0 Å². The molecule has 78 valence electrons. The van der Waals surface area contributed by atoms with Crippen LogP contribution < -0.4 is 10.9 Å². The van der Waals surface area contributed by atoms with Crippen LogP contribution in [0, 0.1) is 0 Å². The molecular weight excluding hydrogens is 202 g/mol. The van der Waals surface area contributed by atoms with E-state index in [0.717, 1.165) is 0 Å². The zero-order chi connectivity index (χ0) is 10.6. The van der Waals surface area contributed by atoms with Crippen LogP contribution in [0.5, 0.6) is 0 Å². The Kier molecular flexibility index (Phi) is 3.95. The molecule has 0 saturated heterocycles. The summed E-state index contributed by atoms with van der Waals surface area (Å²) in [5.41, 5.74) is -0.104. The number of hydrogen-bond acceptors (Lipinski definition) is 3. The number of hydrogen-bond donors (Lipinski definition) is 1. The molecule has 5 heteroatoms. The van der Waals surface area contributed by atoms with Crippen molar-refractivity contribution in [1.82, 2.24) is 9.55 Å². The van der Waals surface area contributed by atoms with Gasteiger partial charge in [-0.1, -0.05) is 0 Å². The van der Waals surface area contributed by atoms with Gasteiger partial charge >= 0.3 is 0 Å². The van der Waals surface area contributed by atoms with Crippen LogP contribution in [-0.4, -0.2) is 22.0 Å². The van der Waals surface area contributed by atoms with Crippen LogP contribution >= 0.6 is 11.6 Å². The highest BCUT2D eigenvalue weighted by Gasteiger charge is 2.05. The van der Waals surface area contributed by atoms with Crippen LogP contribution in [0.2, 0.25) is 0 Å². The van der Waals surface area contributed by atoms with E-state index in [1.807, 2.05) is 13.8 Å². The van der Waals surface area contributed by atoms with Gasteiger partial charge < -0.3 is 9.88 Å². The first kappa shape index (κ1) is 11.0. The first-order valence-corrected chi connectivity index (χ1v) is 5.07. The fourth-order valence-electron chi connectivity index (χ4n) is 1.12. The Morgan fingerprint density at radius 3 is 2.93 bits per heavy atom. The molecule has 1 aromatic rings. The Labute approximate surface area is 87.9 Å². The van der Waals surface area contributed by atoms with Gasteiger partial charge in [0.25, 0.3) is 5.56 Å². The average molecular weight is 216 g/mol. The highest BCUT2D eigenvalue weighted by Crippen LogP contribution is 2.00. The predicted molar refractivity (Wildman–Crippen MR) is 58.1 cm³/mol. The normalized spacial score (nSPS) is 10.6. The number of halogens is 1. The van der Waals surface area contributed by atoms with Crippen molar-refractivity contribution in [2.24, 2.45) is 0 Å². The summed E-state index contributed by atoms with van der Waals surface area (Å²) in [7, 11) is 0. The molecule has 0 fully saturated rings. The first-order valence-electron chi connectivity index (χ1n) is 4.53. The molecule has 1 aromatic heterocycles. The Morgan fingerprint density at radius 1 is 1.64 bits per heavy atom. The van der Waals surface area contributed by atoms with Crippen molar-refractivity contribution < 1.29 is 0 Å². The number of anilines is 1. The Morgan fingerprint density at radius 2 is 2.36 bits per heavy atom. The lowest BCUT2D eigenvalue weighted by Gasteiger charge is -2.10. The van der Waals surface area contributed by atoms with E-state index in [1.54, 1.807) is 17.0 Å². The summed E-state index contributed by atoms with van der Waals surface area (Å²) >= 11 is 5.51. The van der Waals surface area contributed by atoms with E-state index >= 15 is 0 Å². The van der Waals surface area contributed by atoms with Crippen molar-refractivity contribution in [3.63, 3.8) is 0 Å². The minimum absolute atomic E-state index is 0.104. The third-order valence-corrected chi connectivity index (χ3v) is 2.00. The van der Waals surface area contributed by atoms with Gasteiger partial charge in [-0.05, 0) is 13.8 Å². The molecule has 1 rings (SSSR count). The molecule has 0 amide bonds. The summed E-state index contributed by atoms with van der Waals surface area (Å²) in [6.07, 6.45) is 3.29. The highest BCUT2D eigenvalue weighted by molar-refractivity contribution is 6.18. The maximum absolute atomic E-state index is 11.7. The number of alkyl halides is 1. The van der Waals surface area contributed by atoms with Crippen LogP contribution in [0.1, 0.15) is 19.9 Å². The SMILES string of the molecule is CC(C)n1ccnc(NCCCl)c1=O. The van der Waals surface area contributed by atoms with E-state index in [2.05, 4.69) is 10.3 Å². The topological polar surface area (TPSA) is 46.9 Å². The van der Waals surface area contributed by atoms with Gasteiger partial charge in [0.2, 0.25) is 0 Å². The van der Waals surface area contributed by atoms with Crippen molar-refractivity contribution in [2.75, 3.05) is 17.7 Å². The van der Waals surface area contributed by atoms with E-state index < -0.39 is 0 Å². The molecule has 0 spiro atoms. The minimum Gasteiger partial charge on any atom is -0.364 e. The zero-order valence-electron chi connectivity index (χ0n) is 8.33. The maximum atomic E-state index is 11.7. The summed E-state index contributed by atoms with van der Waals surface area (Å²) in [5.74, 6) is 0.819. The van der Waals surface area contributed by atoms with Gasteiger partial charge in [0.15, 0.2) is 5.82 Å². The van der Waals surface area contributed by atoms with Gasteiger partial charge in [-0.2, -0.15) is 0 Å². The highest BCUT2D eigenvalue weighted by atomic mass is 35.5. The van der Waals surface area contributed by atoms with E-state index in [0.29, 0.717) is 18.2 Å². The lowest BCUT2D eigenvalue weighted by atomic mass is 10.4. The summed E-state index contributed by atoms with van der Waals surface area (Å²) in [5, 5.41) is 2.88. The fraction of sp³-hybridized carbons (Fsp3) is 0.556. The van der Waals surface area contributed by atoms with Crippen LogP contribution in [-0.2, 0) is 0 Å². The zero-order valence-corrected chi connectivity index (χ0v) is 9.08. The summed E-state index contributed by atoms with van der Waals surface area (Å²) < 4.78 is 1.63. The molecule has 0 aliphatic carbocycles. The second-order valence-corrected chi connectivity index (χ2v) is 3.58. The Bertz CT molecular complexity index is 348. The number of nitrogens with zero attached hydrogens (tertiary/aromatic N) is 2. The Hall–Kier alpha value is -1.03. The molecule has 0 bridgehead atoms. The second-order valence-electron chi connectivity index (χ2n) is 3.20. The van der Waals surface area contributed by atoms with Gasteiger partial charge in [0.1, 0.15) is 0 Å². The molecule has 1 heterocycles. The van der Waals surface area contributed by atoms with Crippen molar-refractivity contribution in [2.45, 2.75) is 19.9 Å². The van der Waals surface area contributed by atoms with Crippen LogP contribution in [0.15, 0.2) is 17.2 Å².